The Morgan fingerprint density at radius 3 is 2.38 bits per heavy atom. The lowest BCUT2D eigenvalue weighted by Crippen LogP contribution is -2.40. The van der Waals surface area contributed by atoms with E-state index in [0.29, 0.717) is 5.41 Å². The summed E-state index contributed by atoms with van der Waals surface area (Å²) in [5, 5.41) is 0. The number of fused-ring (bicyclic) bond motifs is 1. The van der Waals surface area contributed by atoms with E-state index in [2.05, 4.69) is 11.8 Å². The molecule has 0 amide bonds. The van der Waals surface area contributed by atoms with Gasteiger partial charge in [0.25, 0.3) is 0 Å². The average molecular weight is 183 g/mol. The Hall–Kier alpha value is -0.120. The Kier molecular flexibility index (Phi) is 1.56. The second-order valence-electron chi connectivity index (χ2n) is 4.53. The average Bonchev–Trinajstić information content (AvgIpc) is 2.66. The number of likely N-dealkylation sites (tertiary alicyclic amines) is 1. The third-order valence-electron chi connectivity index (χ3n) is 3.82. The maximum absolute atomic E-state index is 5.85. The number of nitrogens with zero attached hydrogens (tertiary/aromatic N) is 1. The molecule has 1 aliphatic carbocycles. The van der Waals surface area contributed by atoms with E-state index in [1.165, 1.54) is 19.4 Å². The molecule has 2 saturated heterocycles. The summed E-state index contributed by atoms with van der Waals surface area (Å²) >= 11 is 0. The standard InChI is InChI=1S/C10H17NO2/c1-2-11-7-9(3-4-9)10(8-11)12-5-6-13-10/h2-8H2,1H3. The Labute approximate surface area is 79.0 Å². The zero-order valence-electron chi connectivity index (χ0n) is 8.21. The summed E-state index contributed by atoms with van der Waals surface area (Å²) in [6, 6.07) is 0. The number of ether oxygens (including phenoxy) is 2. The fourth-order valence-electron chi connectivity index (χ4n) is 2.83. The molecule has 0 aromatic carbocycles. The van der Waals surface area contributed by atoms with Gasteiger partial charge < -0.3 is 9.47 Å². The van der Waals surface area contributed by atoms with E-state index in [4.69, 9.17) is 9.47 Å². The van der Waals surface area contributed by atoms with Gasteiger partial charge in [0.05, 0.1) is 19.8 Å². The van der Waals surface area contributed by atoms with Gasteiger partial charge in [-0.25, -0.2) is 0 Å². The van der Waals surface area contributed by atoms with Crippen molar-refractivity contribution in [2.24, 2.45) is 5.41 Å². The van der Waals surface area contributed by atoms with Crippen LogP contribution in [-0.4, -0.2) is 43.5 Å². The molecule has 2 aliphatic heterocycles. The van der Waals surface area contributed by atoms with E-state index in [1.807, 2.05) is 0 Å². The minimum atomic E-state index is -0.205. The Morgan fingerprint density at radius 2 is 1.85 bits per heavy atom. The molecule has 74 valence electrons. The van der Waals surface area contributed by atoms with Gasteiger partial charge in [-0.3, -0.25) is 4.90 Å². The highest BCUT2D eigenvalue weighted by molar-refractivity contribution is 5.13. The minimum absolute atomic E-state index is 0.205. The third kappa shape index (κ3) is 0.953. The van der Waals surface area contributed by atoms with Crippen LogP contribution >= 0.6 is 0 Å². The molecular formula is C10H17NO2. The molecule has 3 aliphatic rings. The summed E-state index contributed by atoms with van der Waals surface area (Å²) < 4.78 is 11.7. The van der Waals surface area contributed by atoms with Gasteiger partial charge in [0.1, 0.15) is 0 Å². The van der Waals surface area contributed by atoms with Crippen molar-refractivity contribution in [1.29, 1.82) is 0 Å². The summed E-state index contributed by atoms with van der Waals surface area (Å²) in [6.07, 6.45) is 2.59. The maximum atomic E-state index is 5.85. The molecule has 0 N–H and O–H groups in total. The first-order chi connectivity index (χ1) is 6.30. The molecule has 1 saturated carbocycles. The summed E-state index contributed by atoms with van der Waals surface area (Å²) in [6.45, 7) is 7.09. The third-order valence-corrected chi connectivity index (χ3v) is 3.82. The highest BCUT2D eigenvalue weighted by Crippen LogP contribution is 2.61. The van der Waals surface area contributed by atoms with Crippen LogP contribution in [0.4, 0.5) is 0 Å². The zero-order valence-corrected chi connectivity index (χ0v) is 8.21. The van der Waals surface area contributed by atoms with Crippen LogP contribution in [0.25, 0.3) is 0 Å². The Morgan fingerprint density at radius 1 is 1.15 bits per heavy atom. The van der Waals surface area contributed by atoms with Crippen molar-refractivity contribution in [2.75, 3.05) is 32.8 Å². The first kappa shape index (κ1) is 8.21. The number of hydrogen-bond donors (Lipinski definition) is 0. The van der Waals surface area contributed by atoms with Crippen LogP contribution in [0, 0.1) is 5.41 Å². The Balaban J connectivity index is 1.86. The van der Waals surface area contributed by atoms with Crippen LogP contribution in [0.1, 0.15) is 19.8 Å². The topological polar surface area (TPSA) is 21.7 Å². The van der Waals surface area contributed by atoms with Crippen LogP contribution in [0.3, 0.4) is 0 Å². The molecule has 0 bridgehead atoms. The van der Waals surface area contributed by atoms with Crippen LogP contribution in [0.2, 0.25) is 0 Å². The van der Waals surface area contributed by atoms with Gasteiger partial charge in [-0.2, -0.15) is 0 Å². The van der Waals surface area contributed by atoms with Gasteiger partial charge in [-0.1, -0.05) is 6.92 Å². The largest absolute Gasteiger partial charge is 0.346 e. The van der Waals surface area contributed by atoms with Crippen LogP contribution in [0.15, 0.2) is 0 Å². The smallest absolute Gasteiger partial charge is 0.188 e. The van der Waals surface area contributed by atoms with Gasteiger partial charge >= 0.3 is 0 Å². The highest BCUT2D eigenvalue weighted by atomic mass is 16.7. The molecule has 3 rings (SSSR count). The normalized spacial score (nSPS) is 34.8. The predicted octanol–water partition coefficient (Wildman–Crippen LogP) is 0.845. The first-order valence-corrected chi connectivity index (χ1v) is 5.31. The number of rotatable bonds is 1. The zero-order chi connectivity index (χ0) is 8.94. The summed E-state index contributed by atoms with van der Waals surface area (Å²) in [4.78, 5) is 2.46. The van der Waals surface area contributed by atoms with Gasteiger partial charge in [-0.05, 0) is 19.4 Å². The summed E-state index contributed by atoms with van der Waals surface area (Å²) in [5.74, 6) is -0.205. The summed E-state index contributed by atoms with van der Waals surface area (Å²) in [7, 11) is 0. The molecule has 0 unspecified atom stereocenters. The molecule has 3 nitrogen and oxygen atoms in total. The van der Waals surface area contributed by atoms with Crippen molar-refractivity contribution in [3.8, 4) is 0 Å². The van der Waals surface area contributed by atoms with Gasteiger partial charge in [0.15, 0.2) is 5.79 Å². The fraction of sp³-hybridized carbons (Fsp3) is 1.00. The van der Waals surface area contributed by atoms with Gasteiger partial charge in [0.2, 0.25) is 0 Å². The molecular weight excluding hydrogens is 166 g/mol. The molecule has 0 aromatic heterocycles. The van der Waals surface area contributed by atoms with Crippen molar-refractivity contribution >= 4 is 0 Å². The lowest BCUT2D eigenvalue weighted by atomic mass is 10.00. The molecule has 2 heterocycles. The second kappa shape index (κ2) is 2.47. The maximum Gasteiger partial charge on any atom is 0.188 e. The van der Waals surface area contributed by atoms with E-state index in [9.17, 15) is 0 Å². The SMILES string of the molecule is CCN1CC2(CC2)C2(C1)OCCO2. The molecule has 3 fully saturated rings. The first-order valence-electron chi connectivity index (χ1n) is 5.31. The van der Waals surface area contributed by atoms with Crippen molar-refractivity contribution in [3.05, 3.63) is 0 Å². The van der Waals surface area contributed by atoms with E-state index < -0.39 is 0 Å². The fourth-order valence-corrected chi connectivity index (χ4v) is 2.83. The monoisotopic (exact) mass is 183 g/mol. The lowest BCUT2D eigenvalue weighted by molar-refractivity contribution is -0.182. The highest BCUT2D eigenvalue weighted by Gasteiger charge is 2.67. The van der Waals surface area contributed by atoms with Crippen molar-refractivity contribution in [1.82, 2.24) is 4.90 Å². The van der Waals surface area contributed by atoms with Crippen molar-refractivity contribution in [2.45, 2.75) is 25.6 Å². The lowest BCUT2D eigenvalue weighted by Gasteiger charge is -2.28. The van der Waals surface area contributed by atoms with Gasteiger partial charge in [0, 0.05) is 12.0 Å². The van der Waals surface area contributed by atoms with Crippen LogP contribution in [0.5, 0.6) is 0 Å². The molecule has 0 atom stereocenters. The molecule has 13 heavy (non-hydrogen) atoms. The summed E-state index contributed by atoms with van der Waals surface area (Å²) in [5.41, 5.74) is 0.375. The predicted molar refractivity (Wildman–Crippen MR) is 48.4 cm³/mol. The van der Waals surface area contributed by atoms with E-state index >= 15 is 0 Å². The molecule has 3 heteroatoms. The molecule has 0 aromatic rings. The molecule has 0 radical (unpaired) electrons. The van der Waals surface area contributed by atoms with Crippen molar-refractivity contribution < 1.29 is 9.47 Å². The number of likely N-dealkylation sites (N-methyl/N-ethyl adjacent to an activating group) is 1. The van der Waals surface area contributed by atoms with E-state index in [0.717, 1.165) is 26.3 Å². The van der Waals surface area contributed by atoms with E-state index in [1.54, 1.807) is 0 Å². The molecule has 2 spiro atoms. The minimum Gasteiger partial charge on any atom is -0.346 e. The second-order valence-corrected chi connectivity index (χ2v) is 4.53. The van der Waals surface area contributed by atoms with Crippen LogP contribution in [-0.2, 0) is 9.47 Å². The van der Waals surface area contributed by atoms with E-state index in [-0.39, 0.29) is 5.79 Å². The van der Waals surface area contributed by atoms with Crippen molar-refractivity contribution in [3.63, 3.8) is 0 Å². The van der Waals surface area contributed by atoms with Crippen LogP contribution < -0.4 is 0 Å². The Bertz CT molecular complexity index is 219. The van der Waals surface area contributed by atoms with Gasteiger partial charge in [-0.15, -0.1) is 0 Å². The number of hydrogen-bond acceptors (Lipinski definition) is 3. The quantitative estimate of drug-likeness (QED) is 0.601.